The Balaban J connectivity index is 1.80. The molecule has 0 bridgehead atoms. The SMILES string of the molecule is O=C1Nc2ccccc2C1=Cc1cc(O)c2c(c1)CCCC2. The highest BCUT2D eigenvalue weighted by Crippen LogP contribution is 2.35. The van der Waals surface area contributed by atoms with Gasteiger partial charge in [-0.25, -0.2) is 0 Å². The first-order valence-electron chi connectivity index (χ1n) is 7.69. The highest BCUT2D eigenvalue weighted by molar-refractivity contribution is 6.34. The average Bonchev–Trinajstić information content (AvgIpc) is 2.84. The van der Waals surface area contributed by atoms with Gasteiger partial charge in [-0.2, -0.15) is 0 Å². The fraction of sp³-hybridized carbons (Fsp3) is 0.211. The number of hydrogen-bond donors (Lipinski definition) is 2. The molecule has 0 unspecified atom stereocenters. The molecule has 1 aliphatic heterocycles. The fourth-order valence-electron chi connectivity index (χ4n) is 3.40. The third-order valence-corrected chi connectivity index (χ3v) is 4.49. The highest BCUT2D eigenvalue weighted by atomic mass is 16.3. The summed E-state index contributed by atoms with van der Waals surface area (Å²) in [6.45, 7) is 0. The third-order valence-electron chi connectivity index (χ3n) is 4.49. The van der Waals surface area contributed by atoms with Crippen LogP contribution in [-0.4, -0.2) is 11.0 Å². The molecule has 1 amide bonds. The normalized spacial score (nSPS) is 18.0. The first-order chi connectivity index (χ1) is 10.7. The maximum atomic E-state index is 12.2. The van der Waals surface area contributed by atoms with Crippen LogP contribution in [0.4, 0.5) is 5.69 Å². The van der Waals surface area contributed by atoms with E-state index in [0.29, 0.717) is 11.3 Å². The summed E-state index contributed by atoms with van der Waals surface area (Å²) in [4.78, 5) is 12.2. The van der Waals surface area contributed by atoms with Crippen molar-refractivity contribution in [3.05, 3.63) is 58.7 Å². The van der Waals surface area contributed by atoms with Crippen LogP contribution in [0, 0.1) is 0 Å². The van der Waals surface area contributed by atoms with Crippen LogP contribution >= 0.6 is 0 Å². The van der Waals surface area contributed by atoms with Gasteiger partial charge in [-0.15, -0.1) is 0 Å². The molecule has 22 heavy (non-hydrogen) atoms. The van der Waals surface area contributed by atoms with Crippen LogP contribution in [-0.2, 0) is 17.6 Å². The molecule has 0 aromatic heterocycles. The van der Waals surface area contributed by atoms with Gasteiger partial charge >= 0.3 is 0 Å². The predicted molar refractivity (Wildman–Crippen MR) is 87.7 cm³/mol. The number of carbonyl (C=O) groups is 1. The second kappa shape index (κ2) is 5.02. The van der Waals surface area contributed by atoms with E-state index in [4.69, 9.17) is 0 Å². The second-order valence-corrected chi connectivity index (χ2v) is 5.94. The molecule has 2 aromatic rings. The number of nitrogens with one attached hydrogen (secondary N) is 1. The Kier molecular flexibility index (Phi) is 3.00. The molecule has 2 N–H and O–H groups in total. The van der Waals surface area contributed by atoms with Gasteiger partial charge in [0.2, 0.25) is 0 Å². The van der Waals surface area contributed by atoms with Crippen molar-refractivity contribution in [2.45, 2.75) is 25.7 Å². The van der Waals surface area contributed by atoms with Crippen molar-refractivity contribution in [3.8, 4) is 5.75 Å². The summed E-state index contributed by atoms with van der Waals surface area (Å²) < 4.78 is 0. The Labute approximate surface area is 129 Å². The Morgan fingerprint density at radius 3 is 2.82 bits per heavy atom. The number of anilines is 1. The molecule has 0 radical (unpaired) electrons. The van der Waals surface area contributed by atoms with Crippen LogP contribution in [0.15, 0.2) is 36.4 Å². The zero-order valence-corrected chi connectivity index (χ0v) is 12.2. The molecule has 0 saturated heterocycles. The van der Waals surface area contributed by atoms with E-state index in [1.165, 1.54) is 5.56 Å². The average molecular weight is 291 g/mol. The summed E-state index contributed by atoms with van der Waals surface area (Å²) in [6, 6.07) is 11.6. The van der Waals surface area contributed by atoms with Crippen LogP contribution in [0.25, 0.3) is 11.6 Å². The lowest BCUT2D eigenvalue weighted by Crippen LogP contribution is -2.05. The van der Waals surface area contributed by atoms with E-state index in [1.54, 1.807) is 6.07 Å². The summed E-state index contributed by atoms with van der Waals surface area (Å²) in [6.07, 6.45) is 6.12. The molecule has 1 aliphatic carbocycles. The van der Waals surface area contributed by atoms with Gasteiger partial charge in [0.25, 0.3) is 5.91 Å². The quantitative estimate of drug-likeness (QED) is 0.786. The monoisotopic (exact) mass is 291 g/mol. The third kappa shape index (κ3) is 2.10. The molecule has 2 aliphatic rings. The van der Waals surface area contributed by atoms with E-state index in [1.807, 2.05) is 30.3 Å². The van der Waals surface area contributed by atoms with Crippen LogP contribution in [0.5, 0.6) is 5.75 Å². The molecule has 3 heteroatoms. The summed E-state index contributed by atoms with van der Waals surface area (Å²) >= 11 is 0. The number of rotatable bonds is 1. The van der Waals surface area contributed by atoms with Crippen molar-refractivity contribution >= 4 is 23.2 Å². The number of amides is 1. The molecule has 4 rings (SSSR count). The van der Waals surface area contributed by atoms with Crippen molar-refractivity contribution in [1.29, 1.82) is 0 Å². The minimum absolute atomic E-state index is 0.0848. The number of phenolic OH excluding ortho intramolecular Hbond substituents is 1. The van der Waals surface area contributed by atoms with Gasteiger partial charge < -0.3 is 10.4 Å². The van der Waals surface area contributed by atoms with Crippen molar-refractivity contribution in [2.75, 3.05) is 5.32 Å². The second-order valence-electron chi connectivity index (χ2n) is 5.94. The summed E-state index contributed by atoms with van der Waals surface area (Å²) in [5, 5.41) is 13.1. The number of hydrogen-bond acceptors (Lipinski definition) is 2. The smallest absolute Gasteiger partial charge is 0.256 e. The molecule has 0 fully saturated rings. The van der Waals surface area contributed by atoms with Gasteiger partial charge in [-0.3, -0.25) is 4.79 Å². The lowest BCUT2D eigenvalue weighted by molar-refractivity contribution is -0.110. The molecule has 110 valence electrons. The van der Waals surface area contributed by atoms with E-state index in [0.717, 1.165) is 48.1 Å². The number of benzene rings is 2. The Morgan fingerprint density at radius 1 is 1.09 bits per heavy atom. The zero-order chi connectivity index (χ0) is 15.1. The van der Waals surface area contributed by atoms with Gasteiger partial charge in [0.15, 0.2) is 0 Å². The number of phenols is 1. The number of fused-ring (bicyclic) bond motifs is 2. The van der Waals surface area contributed by atoms with Gasteiger partial charge in [-0.1, -0.05) is 24.3 Å². The molecular formula is C19H17NO2. The minimum atomic E-state index is -0.0848. The number of carbonyl (C=O) groups excluding carboxylic acids is 1. The van der Waals surface area contributed by atoms with E-state index < -0.39 is 0 Å². The first-order valence-corrected chi connectivity index (χ1v) is 7.69. The lowest BCUT2D eigenvalue weighted by atomic mass is 9.89. The van der Waals surface area contributed by atoms with Gasteiger partial charge in [-0.05, 0) is 60.6 Å². The van der Waals surface area contributed by atoms with Crippen LogP contribution in [0.1, 0.15) is 35.1 Å². The summed E-state index contributed by atoms with van der Waals surface area (Å²) in [5.41, 5.74) is 5.60. The molecule has 0 spiro atoms. The highest BCUT2D eigenvalue weighted by Gasteiger charge is 2.23. The van der Waals surface area contributed by atoms with E-state index >= 15 is 0 Å². The van der Waals surface area contributed by atoms with Gasteiger partial charge in [0.05, 0.1) is 0 Å². The van der Waals surface area contributed by atoms with Crippen molar-refractivity contribution in [3.63, 3.8) is 0 Å². The van der Waals surface area contributed by atoms with Crippen molar-refractivity contribution in [1.82, 2.24) is 0 Å². The number of para-hydroxylation sites is 1. The number of aryl methyl sites for hydroxylation is 1. The van der Waals surface area contributed by atoms with E-state index in [-0.39, 0.29) is 5.91 Å². The van der Waals surface area contributed by atoms with Crippen LogP contribution < -0.4 is 5.32 Å². The van der Waals surface area contributed by atoms with Gasteiger partial charge in [0, 0.05) is 16.8 Å². The first kappa shape index (κ1) is 13.1. The Bertz CT molecular complexity index is 805. The summed E-state index contributed by atoms with van der Waals surface area (Å²) in [5.74, 6) is 0.272. The lowest BCUT2D eigenvalue weighted by Gasteiger charge is -2.17. The Hall–Kier alpha value is -2.55. The van der Waals surface area contributed by atoms with Gasteiger partial charge in [0.1, 0.15) is 5.75 Å². The zero-order valence-electron chi connectivity index (χ0n) is 12.2. The van der Waals surface area contributed by atoms with Crippen LogP contribution in [0.2, 0.25) is 0 Å². The molecular weight excluding hydrogens is 274 g/mol. The molecule has 2 aromatic carbocycles. The van der Waals surface area contributed by atoms with Crippen molar-refractivity contribution < 1.29 is 9.90 Å². The minimum Gasteiger partial charge on any atom is -0.508 e. The maximum absolute atomic E-state index is 12.2. The number of aromatic hydroxyl groups is 1. The van der Waals surface area contributed by atoms with E-state index in [2.05, 4.69) is 11.4 Å². The fourth-order valence-corrected chi connectivity index (χ4v) is 3.40. The standard InChI is InChI=1S/C19H17NO2/c21-18-11-12(9-13-5-1-2-6-14(13)18)10-16-15-7-3-4-8-17(15)20-19(16)22/h3-4,7-11,21H,1-2,5-6H2,(H,20,22). The molecule has 3 nitrogen and oxygen atoms in total. The predicted octanol–water partition coefficient (Wildman–Crippen LogP) is 3.76. The van der Waals surface area contributed by atoms with Crippen molar-refractivity contribution in [2.24, 2.45) is 0 Å². The largest absolute Gasteiger partial charge is 0.508 e. The molecule has 1 heterocycles. The molecule has 0 atom stereocenters. The van der Waals surface area contributed by atoms with Crippen LogP contribution in [0.3, 0.4) is 0 Å². The Morgan fingerprint density at radius 2 is 1.91 bits per heavy atom. The van der Waals surface area contributed by atoms with E-state index in [9.17, 15) is 9.90 Å². The topological polar surface area (TPSA) is 49.3 Å². The molecule has 0 saturated carbocycles. The maximum Gasteiger partial charge on any atom is 0.256 e. The summed E-state index contributed by atoms with van der Waals surface area (Å²) in [7, 11) is 0.